The van der Waals surface area contributed by atoms with E-state index in [1.54, 1.807) is 12.1 Å². The number of ether oxygens (including phenoxy) is 1. The van der Waals surface area contributed by atoms with Crippen molar-refractivity contribution < 1.29 is 19.4 Å². The first kappa shape index (κ1) is 10.5. The van der Waals surface area contributed by atoms with Crippen molar-refractivity contribution >= 4 is 17.6 Å². The molecule has 0 bridgehead atoms. The number of carboxylic acids is 1. The number of hydrogen-bond donors (Lipinski definition) is 2. The fourth-order valence-corrected chi connectivity index (χ4v) is 1.61. The standard InChI is InChI=1S/C11H11NO4/c13-10(6-11(14)15)12-8-1-2-9-7(5-8)3-4-16-9/h1-2,5H,3-4,6H2,(H,12,13)(H,14,15). The van der Waals surface area contributed by atoms with E-state index in [0.717, 1.165) is 17.7 Å². The Bertz CT molecular complexity index is 442. The smallest absolute Gasteiger partial charge is 0.312 e. The van der Waals surface area contributed by atoms with E-state index in [0.29, 0.717) is 12.3 Å². The van der Waals surface area contributed by atoms with E-state index in [1.165, 1.54) is 0 Å². The number of aliphatic carboxylic acids is 1. The van der Waals surface area contributed by atoms with E-state index in [2.05, 4.69) is 5.32 Å². The molecule has 16 heavy (non-hydrogen) atoms. The first-order valence-electron chi connectivity index (χ1n) is 4.92. The zero-order valence-electron chi connectivity index (χ0n) is 8.53. The van der Waals surface area contributed by atoms with Crippen LogP contribution in [0.5, 0.6) is 5.75 Å². The largest absolute Gasteiger partial charge is 0.493 e. The molecular formula is C11H11NO4. The second-order valence-corrected chi connectivity index (χ2v) is 3.54. The first-order valence-corrected chi connectivity index (χ1v) is 4.92. The van der Waals surface area contributed by atoms with Crippen molar-refractivity contribution in [2.45, 2.75) is 12.8 Å². The number of rotatable bonds is 3. The monoisotopic (exact) mass is 221 g/mol. The second kappa shape index (κ2) is 4.22. The number of carboxylic acid groups (broad SMARTS) is 1. The van der Waals surface area contributed by atoms with Gasteiger partial charge < -0.3 is 15.2 Å². The molecule has 84 valence electrons. The van der Waals surface area contributed by atoms with Gasteiger partial charge in [0.1, 0.15) is 12.2 Å². The van der Waals surface area contributed by atoms with Gasteiger partial charge in [-0.15, -0.1) is 0 Å². The SMILES string of the molecule is O=C(O)CC(=O)Nc1ccc2c(c1)CCO2. The summed E-state index contributed by atoms with van der Waals surface area (Å²) < 4.78 is 5.32. The Kier molecular flexibility index (Phi) is 2.76. The van der Waals surface area contributed by atoms with Crippen molar-refractivity contribution in [2.75, 3.05) is 11.9 Å². The highest BCUT2D eigenvalue weighted by molar-refractivity contribution is 6.01. The minimum atomic E-state index is -1.14. The normalized spacial score (nSPS) is 12.8. The lowest BCUT2D eigenvalue weighted by molar-refractivity contribution is -0.139. The van der Waals surface area contributed by atoms with Gasteiger partial charge in [-0.25, -0.2) is 0 Å². The number of fused-ring (bicyclic) bond motifs is 1. The highest BCUT2D eigenvalue weighted by Gasteiger charge is 2.13. The maximum Gasteiger partial charge on any atom is 0.312 e. The Balaban J connectivity index is 2.05. The van der Waals surface area contributed by atoms with E-state index in [-0.39, 0.29) is 0 Å². The van der Waals surface area contributed by atoms with Gasteiger partial charge in [0.25, 0.3) is 0 Å². The summed E-state index contributed by atoms with van der Waals surface area (Å²) in [5, 5.41) is 11.0. The summed E-state index contributed by atoms with van der Waals surface area (Å²) in [7, 11) is 0. The average molecular weight is 221 g/mol. The molecule has 1 aromatic rings. The molecule has 1 heterocycles. The molecule has 0 saturated heterocycles. The van der Waals surface area contributed by atoms with E-state index < -0.39 is 18.3 Å². The molecule has 2 rings (SSSR count). The lowest BCUT2D eigenvalue weighted by Crippen LogP contribution is -2.15. The maximum absolute atomic E-state index is 11.2. The Morgan fingerprint density at radius 1 is 1.44 bits per heavy atom. The second-order valence-electron chi connectivity index (χ2n) is 3.54. The molecule has 5 nitrogen and oxygen atoms in total. The van der Waals surface area contributed by atoms with Crippen LogP contribution in [0.2, 0.25) is 0 Å². The first-order chi connectivity index (χ1) is 7.65. The fourth-order valence-electron chi connectivity index (χ4n) is 1.61. The van der Waals surface area contributed by atoms with Crippen molar-refractivity contribution in [3.8, 4) is 5.75 Å². The van der Waals surface area contributed by atoms with Gasteiger partial charge in [-0.2, -0.15) is 0 Å². The van der Waals surface area contributed by atoms with Crippen LogP contribution in [-0.2, 0) is 16.0 Å². The fraction of sp³-hybridized carbons (Fsp3) is 0.273. The molecule has 0 atom stereocenters. The lowest BCUT2D eigenvalue weighted by atomic mass is 10.1. The highest BCUT2D eigenvalue weighted by Crippen LogP contribution is 2.27. The lowest BCUT2D eigenvalue weighted by Gasteiger charge is -2.05. The van der Waals surface area contributed by atoms with Crippen molar-refractivity contribution in [2.24, 2.45) is 0 Å². The molecule has 1 aliphatic heterocycles. The third kappa shape index (κ3) is 2.31. The topological polar surface area (TPSA) is 75.6 Å². The van der Waals surface area contributed by atoms with E-state index in [9.17, 15) is 9.59 Å². The minimum absolute atomic E-state index is 0.520. The summed E-state index contributed by atoms with van der Waals surface area (Å²) in [6.45, 7) is 0.655. The summed E-state index contributed by atoms with van der Waals surface area (Å²) in [4.78, 5) is 21.5. The summed E-state index contributed by atoms with van der Waals surface area (Å²) >= 11 is 0. The molecule has 0 aromatic heterocycles. The van der Waals surface area contributed by atoms with Crippen LogP contribution in [0.4, 0.5) is 5.69 Å². The van der Waals surface area contributed by atoms with Crippen LogP contribution in [0.3, 0.4) is 0 Å². The van der Waals surface area contributed by atoms with E-state index in [1.807, 2.05) is 6.07 Å². The molecular weight excluding hydrogens is 210 g/mol. The summed E-state index contributed by atoms with van der Waals surface area (Å²) in [5.74, 6) is -0.829. The summed E-state index contributed by atoms with van der Waals surface area (Å²) in [6.07, 6.45) is 0.297. The minimum Gasteiger partial charge on any atom is -0.493 e. The third-order valence-corrected chi connectivity index (χ3v) is 2.28. The van der Waals surface area contributed by atoms with Crippen LogP contribution in [-0.4, -0.2) is 23.6 Å². The Labute approximate surface area is 92.0 Å². The third-order valence-electron chi connectivity index (χ3n) is 2.28. The van der Waals surface area contributed by atoms with Crippen LogP contribution in [0.15, 0.2) is 18.2 Å². The Morgan fingerprint density at radius 2 is 2.25 bits per heavy atom. The van der Waals surface area contributed by atoms with E-state index >= 15 is 0 Å². The zero-order chi connectivity index (χ0) is 11.5. The number of carbonyl (C=O) groups is 2. The Hall–Kier alpha value is -2.04. The van der Waals surface area contributed by atoms with Crippen molar-refractivity contribution in [3.63, 3.8) is 0 Å². The predicted octanol–water partition coefficient (Wildman–Crippen LogP) is 1.03. The molecule has 0 spiro atoms. The van der Waals surface area contributed by atoms with Gasteiger partial charge in [-0.05, 0) is 23.8 Å². The average Bonchev–Trinajstić information content (AvgIpc) is 2.63. The molecule has 0 saturated carbocycles. The van der Waals surface area contributed by atoms with Crippen LogP contribution in [0, 0.1) is 0 Å². The zero-order valence-corrected chi connectivity index (χ0v) is 8.53. The van der Waals surface area contributed by atoms with Gasteiger partial charge >= 0.3 is 5.97 Å². The van der Waals surface area contributed by atoms with Crippen molar-refractivity contribution in [1.82, 2.24) is 0 Å². The number of carbonyl (C=O) groups excluding carboxylic acids is 1. The molecule has 1 aliphatic rings. The molecule has 5 heteroatoms. The molecule has 0 fully saturated rings. The number of amides is 1. The molecule has 0 unspecified atom stereocenters. The molecule has 0 aliphatic carbocycles. The van der Waals surface area contributed by atoms with Crippen LogP contribution >= 0.6 is 0 Å². The van der Waals surface area contributed by atoms with Gasteiger partial charge in [0.2, 0.25) is 5.91 Å². The summed E-state index contributed by atoms with van der Waals surface area (Å²) in [6, 6.07) is 5.28. The summed E-state index contributed by atoms with van der Waals surface area (Å²) in [5.41, 5.74) is 1.64. The van der Waals surface area contributed by atoms with Crippen LogP contribution < -0.4 is 10.1 Å². The molecule has 2 N–H and O–H groups in total. The number of nitrogens with one attached hydrogen (secondary N) is 1. The highest BCUT2D eigenvalue weighted by atomic mass is 16.5. The van der Waals surface area contributed by atoms with Gasteiger partial charge in [0.05, 0.1) is 6.61 Å². The van der Waals surface area contributed by atoms with Crippen molar-refractivity contribution in [1.29, 1.82) is 0 Å². The van der Waals surface area contributed by atoms with Gasteiger partial charge in [-0.3, -0.25) is 9.59 Å². The Morgan fingerprint density at radius 3 is 3.00 bits per heavy atom. The van der Waals surface area contributed by atoms with Gasteiger partial charge in [0.15, 0.2) is 0 Å². The quantitative estimate of drug-likeness (QED) is 0.747. The molecule has 0 radical (unpaired) electrons. The van der Waals surface area contributed by atoms with Crippen LogP contribution in [0.25, 0.3) is 0 Å². The number of anilines is 1. The molecule has 1 aromatic carbocycles. The van der Waals surface area contributed by atoms with Gasteiger partial charge in [-0.1, -0.05) is 0 Å². The van der Waals surface area contributed by atoms with E-state index in [4.69, 9.17) is 9.84 Å². The molecule has 1 amide bonds. The van der Waals surface area contributed by atoms with Gasteiger partial charge in [0, 0.05) is 12.1 Å². The van der Waals surface area contributed by atoms with Crippen molar-refractivity contribution in [3.05, 3.63) is 23.8 Å². The number of hydrogen-bond acceptors (Lipinski definition) is 3. The maximum atomic E-state index is 11.2. The number of benzene rings is 1. The van der Waals surface area contributed by atoms with Crippen LogP contribution in [0.1, 0.15) is 12.0 Å². The predicted molar refractivity (Wildman–Crippen MR) is 56.5 cm³/mol.